The lowest BCUT2D eigenvalue weighted by atomic mass is 10.2. The van der Waals surface area contributed by atoms with Crippen LogP contribution in [0.2, 0.25) is 10.0 Å². The molecule has 2 rings (SSSR count). The number of rotatable bonds is 6. The topological polar surface area (TPSA) is 53.9 Å². The van der Waals surface area contributed by atoms with Crippen molar-refractivity contribution in [3.8, 4) is 0 Å². The second-order valence-corrected chi connectivity index (χ2v) is 6.42. The molecule has 1 amide bonds. The summed E-state index contributed by atoms with van der Waals surface area (Å²) in [7, 11) is 1.72. The maximum Gasteiger partial charge on any atom is 0.242 e. The molecule has 0 aliphatic carbocycles. The average molecular weight is 373 g/mol. The number of nitrogens with zero attached hydrogens (tertiary/aromatic N) is 3. The van der Waals surface area contributed by atoms with Crippen molar-refractivity contribution in [3.05, 3.63) is 44.4 Å². The summed E-state index contributed by atoms with van der Waals surface area (Å²) < 4.78 is 2.19. The maximum atomic E-state index is 12.5. The molecule has 8 heteroatoms. The van der Waals surface area contributed by atoms with Gasteiger partial charge in [-0.2, -0.15) is 5.10 Å². The Labute approximate surface area is 150 Å². The number of amides is 1. The smallest absolute Gasteiger partial charge is 0.242 e. The fraction of sp³-hybridized carbons (Fsp3) is 0.400. The normalized spacial score (nSPS) is 10.8. The van der Waals surface area contributed by atoms with E-state index in [-0.39, 0.29) is 12.5 Å². The molecular formula is C15H18Cl2N4OS. The number of benzene rings is 1. The maximum absolute atomic E-state index is 12.5. The van der Waals surface area contributed by atoms with Crippen molar-refractivity contribution in [3.63, 3.8) is 0 Å². The fourth-order valence-corrected chi connectivity index (χ4v) is 2.79. The molecule has 5 nitrogen and oxygen atoms in total. The Kier molecular flexibility index (Phi) is 6.21. The van der Waals surface area contributed by atoms with Gasteiger partial charge in [0.2, 0.25) is 5.91 Å². The third-order valence-corrected chi connectivity index (χ3v) is 4.64. The van der Waals surface area contributed by atoms with Crippen molar-refractivity contribution >= 4 is 41.3 Å². The van der Waals surface area contributed by atoms with E-state index in [2.05, 4.69) is 17.1 Å². The van der Waals surface area contributed by atoms with Gasteiger partial charge in [-0.25, -0.2) is 0 Å². The molecule has 23 heavy (non-hydrogen) atoms. The van der Waals surface area contributed by atoms with Gasteiger partial charge in [-0.05, 0) is 30.3 Å². The number of H-pyrrole nitrogens is 1. The van der Waals surface area contributed by atoms with Gasteiger partial charge < -0.3 is 4.90 Å². The van der Waals surface area contributed by atoms with E-state index in [1.165, 1.54) is 0 Å². The lowest BCUT2D eigenvalue weighted by molar-refractivity contribution is -0.131. The van der Waals surface area contributed by atoms with E-state index in [1.54, 1.807) is 22.6 Å². The van der Waals surface area contributed by atoms with E-state index in [9.17, 15) is 4.79 Å². The summed E-state index contributed by atoms with van der Waals surface area (Å²) >= 11 is 17.4. The zero-order chi connectivity index (χ0) is 17.0. The second-order valence-electron chi connectivity index (χ2n) is 5.24. The Balaban J connectivity index is 2.10. The summed E-state index contributed by atoms with van der Waals surface area (Å²) in [5.74, 6) is 0.718. The number of aromatic amines is 1. The SMILES string of the molecule is CCCc1n[nH]c(=S)n1CC(=O)N(C)Cc1cccc(Cl)c1Cl. The monoisotopic (exact) mass is 372 g/mol. The van der Waals surface area contributed by atoms with E-state index in [0.717, 1.165) is 24.2 Å². The number of aryl methyl sites for hydroxylation is 1. The van der Waals surface area contributed by atoms with Crippen molar-refractivity contribution < 1.29 is 4.79 Å². The van der Waals surface area contributed by atoms with Crippen LogP contribution >= 0.6 is 35.4 Å². The number of hydrogen-bond donors (Lipinski definition) is 1. The van der Waals surface area contributed by atoms with Gasteiger partial charge in [0, 0.05) is 20.0 Å². The van der Waals surface area contributed by atoms with Gasteiger partial charge in [0.05, 0.1) is 10.0 Å². The number of likely N-dealkylation sites (N-methyl/N-ethyl adjacent to an activating group) is 1. The predicted octanol–water partition coefficient (Wildman–Crippen LogP) is 3.86. The highest BCUT2D eigenvalue weighted by Crippen LogP contribution is 2.26. The molecule has 0 saturated carbocycles. The Morgan fingerprint density at radius 2 is 2.17 bits per heavy atom. The highest BCUT2D eigenvalue weighted by Gasteiger charge is 2.15. The largest absolute Gasteiger partial charge is 0.340 e. The van der Waals surface area contributed by atoms with Crippen LogP contribution in [-0.2, 0) is 24.3 Å². The highest BCUT2D eigenvalue weighted by molar-refractivity contribution is 7.71. The summed E-state index contributed by atoms with van der Waals surface area (Å²) in [6, 6.07) is 5.38. The Bertz CT molecular complexity index is 756. The number of halogens is 2. The zero-order valence-corrected chi connectivity index (χ0v) is 15.3. The van der Waals surface area contributed by atoms with Crippen LogP contribution in [0.5, 0.6) is 0 Å². The van der Waals surface area contributed by atoms with E-state index in [0.29, 0.717) is 21.4 Å². The van der Waals surface area contributed by atoms with Crippen LogP contribution in [0.15, 0.2) is 18.2 Å². The molecule has 0 aliphatic rings. The van der Waals surface area contributed by atoms with Crippen molar-refractivity contribution in [2.75, 3.05) is 7.05 Å². The molecule has 0 atom stereocenters. The van der Waals surface area contributed by atoms with Crippen LogP contribution < -0.4 is 0 Å². The number of nitrogens with one attached hydrogen (secondary N) is 1. The van der Waals surface area contributed by atoms with Crippen molar-refractivity contribution in [2.24, 2.45) is 0 Å². The van der Waals surface area contributed by atoms with Gasteiger partial charge >= 0.3 is 0 Å². The molecule has 1 heterocycles. The van der Waals surface area contributed by atoms with Crippen LogP contribution in [0, 0.1) is 4.77 Å². The summed E-state index contributed by atoms with van der Waals surface area (Å²) in [5.41, 5.74) is 0.805. The van der Waals surface area contributed by atoms with Gasteiger partial charge in [-0.1, -0.05) is 42.3 Å². The minimum atomic E-state index is -0.0732. The van der Waals surface area contributed by atoms with Gasteiger partial charge in [-0.3, -0.25) is 14.5 Å². The molecule has 1 aromatic heterocycles. The van der Waals surface area contributed by atoms with Crippen LogP contribution in [0.4, 0.5) is 0 Å². The third-order valence-electron chi connectivity index (χ3n) is 3.47. The summed E-state index contributed by atoms with van der Waals surface area (Å²) in [6.45, 7) is 2.59. The van der Waals surface area contributed by atoms with E-state index in [1.807, 2.05) is 12.1 Å². The Morgan fingerprint density at radius 3 is 2.87 bits per heavy atom. The predicted molar refractivity (Wildman–Crippen MR) is 94.3 cm³/mol. The van der Waals surface area contributed by atoms with Crippen molar-refractivity contribution in [2.45, 2.75) is 32.9 Å². The first-order valence-corrected chi connectivity index (χ1v) is 8.41. The van der Waals surface area contributed by atoms with Crippen LogP contribution in [0.1, 0.15) is 24.7 Å². The molecule has 1 aromatic carbocycles. The number of aromatic nitrogens is 3. The molecule has 0 radical (unpaired) electrons. The summed E-state index contributed by atoms with van der Waals surface area (Å²) in [5, 5.41) is 7.85. The van der Waals surface area contributed by atoms with E-state index in [4.69, 9.17) is 35.4 Å². The molecular weight excluding hydrogens is 355 g/mol. The Morgan fingerprint density at radius 1 is 1.43 bits per heavy atom. The van der Waals surface area contributed by atoms with E-state index >= 15 is 0 Å². The number of carbonyl (C=O) groups is 1. The molecule has 0 fully saturated rings. The average Bonchev–Trinajstić information content (AvgIpc) is 2.85. The molecule has 0 unspecified atom stereocenters. The van der Waals surface area contributed by atoms with Gasteiger partial charge in [-0.15, -0.1) is 0 Å². The molecule has 2 aromatic rings. The molecule has 1 N–H and O–H groups in total. The third kappa shape index (κ3) is 4.34. The first-order chi connectivity index (χ1) is 10.9. The minimum absolute atomic E-state index is 0.0732. The minimum Gasteiger partial charge on any atom is -0.340 e. The summed E-state index contributed by atoms with van der Waals surface area (Å²) in [4.78, 5) is 14.1. The first kappa shape index (κ1) is 18.0. The van der Waals surface area contributed by atoms with Crippen molar-refractivity contribution in [1.29, 1.82) is 0 Å². The summed E-state index contributed by atoms with van der Waals surface area (Å²) in [6.07, 6.45) is 1.70. The first-order valence-electron chi connectivity index (χ1n) is 7.25. The molecule has 124 valence electrons. The van der Waals surface area contributed by atoms with Gasteiger partial charge in [0.25, 0.3) is 0 Å². The number of hydrogen-bond acceptors (Lipinski definition) is 3. The molecule has 0 saturated heterocycles. The van der Waals surface area contributed by atoms with Crippen molar-refractivity contribution in [1.82, 2.24) is 19.7 Å². The quantitative estimate of drug-likeness (QED) is 0.783. The zero-order valence-electron chi connectivity index (χ0n) is 13.0. The van der Waals surface area contributed by atoms with Gasteiger partial charge in [0.15, 0.2) is 4.77 Å². The second kappa shape index (κ2) is 7.95. The standard InChI is InChI=1S/C15H18Cl2N4OS/c1-3-5-12-18-19-15(23)21(12)9-13(22)20(2)8-10-6-4-7-11(16)14(10)17/h4,6-7H,3,5,8-9H2,1-2H3,(H,19,23). The van der Waals surface area contributed by atoms with Crippen LogP contribution in [-0.4, -0.2) is 32.6 Å². The fourth-order valence-electron chi connectivity index (χ4n) is 2.20. The van der Waals surface area contributed by atoms with Crippen LogP contribution in [0.25, 0.3) is 0 Å². The highest BCUT2D eigenvalue weighted by atomic mass is 35.5. The lowest BCUT2D eigenvalue weighted by Gasteiger charge is -2.19. The van der Waals surface area contributed by atoms with Gasteiger partial charge in [0.1, 0.15) is 12.4 Å². The molecule has 0 aliphatic heterocycles. The lowest BCUT2D eigenvalue weighted by Crippen LogP contribution is -2.30. The van der Waals surface area contributed by atoms with Crippen LogP contribution in [0.3, 0.4) is 0 Å². The number of carbonyl (C=O) groups excluding carboxylic acids is 1. The Hall–Kier alpha value is -1.37. The molecule has 0 spiro atoms. The molecule has 0 bridgehead atoms. The van der Waals surface area contributed by atoms with E-state index < -0.39 is 0 Å².